The summed E-state index contributed by atoms with van der Waals surface area (Å²) in [6, 6.07) is 21.6. The number of rotatable bonds is 5. The first-order valence-corrected chi connectivity index (χ1v) is 12.8. The van der Waals surface area contributed by atoms with E-state index in [0.717, 1.165) is 61.4 Å². The molecule has 33 heavy (non-hydrogen) atoms. The highest BCUT2D eigenvalue weighted by Gasteiger charge is 2.29. The molecule has 1 saturated heterocycles. The normalized spacial score (nSPS) is 15.9. The third kappa shape index (κ3) is 4.20. The number of aryl methyl sites for hydroxylation is 1. The van der Waals surface area contributed by atoms with E-state index in [1.807, 2.05) is 48.5 Å². The second-order valence-corrected chi connectivity index (χ2v) is 10.4. The van der Waals surface area contributed by atoms with Gasteiger partial charge in [0.15, 0.2) is 0 Å². The number of sulfonamides is 1. The highest BCUT2D eigenvalue weighted by molar-refractivity contribution is 7.92. The van der Waals surface area contributed by atoms with Gasteiger partial charge in [0.25, 0.3) is 15.9 Å². The highest BCUT2D eigenvalue weighted by Crippen LogP contribution is 2.32. The number of benzene rings is 3. The topological polar surface area (TPSA) is 69.7 Å². The summed E-state index contributed by atoms with van der Waals surface area (Å²) >= 11 is 0. The lowest BCUT2D eigenvalue weighted by Crippen LogP contribution is -2.35. The fourth-order valence-electron chi connectivity index (χ4n) is 4.66. The Kier molecular flexibility index (Phi) is 5.81. The molecule has 0 spiro atoms. The van der Waals surface area contributed by atoms with Gasteiger partial charge in [-0.3, -0.25) is 9.10 Å². The maximum atomic E-state index is 13.3. The Hall–Kier alpha value is -3.32. The summed E-state index contributed by atoms with van der Waals surface area (Å²) < 4.78 is 28.1. The molecule has 1 fully saturated rings. The van der Waals surface area contributed by atoms with Gasteiger partial charge >= 0.3 is 0 Å². The van der Waals surface area contributed by atoms with E-state index in [1.165, 1.54) is 16.4 Å². The zero-order chi connectivity index (χ0) is 22.8. The van der Waals surface area contributed by atoms with E-state index in [-0.39, 0.29) is 10.8 Å². The summed E-state index contributed by atoms with van der Waals surface area (Å²) in [6.07, 6.45) is 3.97. The van der Waals surface area contributed by atoms with Crippen molar-refractivity contribution in [2.75, 3.05) is 34.2 Å². The van der Waals surface area contributed by atoms with Crippen LogP contribution in [-0.4, -0.2) is 34.0 Å². The number of carbonyl (C=O) groups is 1. The van der Waals surface area contributed by atoms with E-state index in [1.54, 1.807) is 12.1 Å². The van der Waals surface area contributed by atoms with Crippen molar-refractivity contribution in [3.63, 3.8) is 0 Å². The quantitative estimate of drug-likeness (QED) is 0.599. The fourth-order valence-corrected chi connectivity index (χ4v) is 6.20. The first-order valence-electron chi connectivity index (χ1n) is 11.4. The first-order chi connectivity index (χ1) is 16.0. The minimum Gasteiger partial charge on any atom is -0.370 e. The van der Waals surface area contributed by atoms with E-state index in [2.05, 4.69) is 10.2 Å². The minimum absolute atomic E-state index is 0.188. The van der Waals surface area contributed by atoms with Crippen LogP contribution in [0.4, 0.5) is 17.1 Å². The number of carbonyl (C=O) groups excluding carboxylic acids is 1. The highest BCUT2D eigenvalue weighted by atomic mass is 32.2. The van der Waals surface area contributed by atoms with Crippen molar-refractivity contribution in [1.82, 2.24) is 0 Å². The van der Waals surface area contributed by atoms with Gasteiger partial charge in [0.1, 0.15) is 0 Å². The predicted molar refractivity (Wildman–Crippen MR) is 132 cm³/mol. The molecule has 7 heteroatoms. The van der Waals surface area contributed by atoms with Gasteiger partial charge in [-0.2, -0.15) is 0 Å². The monoisotopic (exact) mass is 461 g/mol. The molecule has 2 heterocycles. The second kappa shape index (κ2) is 8.90. The number of hydrogen-bond acceptors (Lipinski definition) is 4. The molecule has 2 aliphatic rings. The molecule has 0 aromatic heterocycles. The van der Waals surface area contributed by atoms with Crippen LogP contribution < -0.4 is 14.5 Å². The molecule has 2 aliphatic heterocycles. The number of nitrogens with zero attached hydrogens (tertiary/aromatic N) is 2. The Bertz CT molecular complexity index is 1270. The number of amides is 1. The van der Waals surface area contributed by atoms with Gasteiger partial charge in [-0.05, 0) is 73.7 Å². The molecule has 0 saturated carbocycles. The Morgan fingerprint density at radius 3 is 2.18 bits per heavy atom. The number of hydrogen-bond donors (Lipinski definition) is 1. The lowest BCUT2D eigenvalue weighted by atomic mass is 10.0. The Labute approximate surface area is 194 Å². The van der Waals surface area contributed by atoms with Crippen molar-refractivity contribution < 1.29 is 13.2 Å². The molecule has 0 atom stereocenters. The van der Waals surface area contributed by atoms with Gasteiger partial charge in [0, 0.05) is 25.2 Å². The summed E-state index contributed by atoms with van der Waals surface area (Å²) in [5.74, 6) is -0.256. The van der Waals surface area contributed by atoms with Gasteiger partial charge in [0.2, 0.25) is 0 Å². The molecular formula is C26H27N3O3S. The van der Waals surface area contributed by atoms with Crippen molar-refractivity contribution in [3.8, 4) is 0 Å². The molecule has 1 amide bonds. The van der Waals surface area contributed by atoms with Gasteiger partial charge < -0.3 is 10.2 Å². The lowest BCUT2D eigenvalue weighted by molar-refractivity contribution is 0.102. The van der Waals surface area contributed by atoms with Crippen molar-refractivity contribution in [3.05, 3.63) is 83.9 Å². The van der Waals surface area contributed by atoms with Crippen molar-refractivity contribution >= 4 is 33.0 Å². The van der Waals surface area contributed by atoms with Gasteiger partial charge in [0.05, 0.1) is 22.0 Å². The van der Waals surface area contributed by atoms with Crippen molar-refractivity contribution in [2.45, 2.75) is 30.6 Å². The molecule has 3 aromatic rings. The molecule has 6 nitrogen and oxygen atoms in total. The summed E-state index contributed by atoms with van der Waals surface area (Å²) in [4.78, 5) is 15.4. The molecule has 0 aliphatic carbocycles. The molecule has 1 N–H and O–H groups in total. The number of anilines is 3. The average molecular weight is 462 g/mol. The second-order valence-electron chi connectivity index (χ2n) is 8.50. The van der Waals surface area contributed by atoms with Crippen LogP contribution in [0.5, 0.6) is 0 Å². The van der Waals surface area contributed by atoms with E-state index in [9.17, 15) is 13.2 Å². The fraction of sp³-hybridized carbons (Fsp3) is 0.269. The molecule has 3 aromatic carbocycles. The van der Waals surface area contributed by atoms with Crippen LogP contribution in [0.3, 0.4) is 0 Å². The standard InChI is InChI=1S/C26H27N3O3S/c30-26(27-23-10-2-4-12-25(23)28-17-5-6-18-28)21-13-15-22(16-14-21)33(31,32)29-19-7-9-20-8-1-3-11-24(20)29/h1-4,8,10-16H,5-7,9,17-19H2,(H,27,30). The van der Waals surface area contributed by atoms with E-state index in [4.69, 9.17) is 0 Å². The molecule has 0 unspecified atom stereocenters. The van der Waals surface area contributed by atoms with Crippen LogP contribution in [0.25, 0.3) is 0 Å². The molecule has 0 bridgehead atoms. The lowest BCUT2D eigenvalue weighted by Gasteiger charge is -2.30. The third-order valence-electron chi connectivity index (χ3n) is 6.37. The zero-order valence-corrected chi connectivity index (χ0v) is 19.2. The van der Waals surface area contributed by atoms with Crippen LogP contribution in [0.2, 0.25) is 0 Å². The van der Waals surface area contributed by atoms with Crippen LogP contribution in [-0.2, 0) is 16.4 Å². The third-order valence-corrected chi connectivity index (χ3v) is 8.20. The molecule has 170 valence electrons. The average Bonchev–Trinajstić information content (AvgIpc) is 3.39. The van der Waals surface area contributed by atoms with Gasteiger partial charge in [-0.25, -0.2) is 8.42 Å². The van der Waals surface area contributed by atoms with Crippen LogP contribution in [0.1, 0.15) is 35.2 Å². The Morgan fingerprint density at radius 2 is 1.42 bits per heavy atom. The minimum atomic E-state index is -3.70. The van der Waals surface area contributed by atoms with Gasteiger partial charge in [-0.1, -0.05) is 30.3 Å². The van der Waals surface area contributed by atoms with E-state index >= 15 is 0 Å². The van der Waals surface area contributed by atoms with Gasteiger partial charge in [-0.15, -0.1) is 0 Å². The molecule has 5 rings (SSSR count). The summed E-state index contributed by atoms with van der Waals surface area (Å²) in [7, 11) is -3.70. The Morgan fingerprint density at radius 1 is 0.758 bits per heavy atom. The van der Waals surface area contributed by atoms with Crippen molar-refractivity contribution in [2.24, 2.45) is 0 Å². The van der Waals surface area contributed by atoms with E-state index < -0.39 is 10.0 Å². The molecule has 0 radical (unpaired) electrons. The van der Waals surface area contributed by atoms with E-state index in [0.29, 0.717) is 12.1 Å². The summed E-state index contributed by atoms with van der Waals surface area (Å²) in [5.41, 5.74) is 3.99. The molecular weight excluding hydrogens is 434 g/mol. The Balaban J connectivity index is 1.36. The maximum absolute atomic E-state index is 13.3. The van der Waals surface area contributed by atoms with Crippen LogP contribution in [0.15, 0.2) is 77.7 Å². The van der Waals surface area contributed by atoms with Crippen LogP contribution in [0, 0.1) is 0 Å². The maximum Gasteiger partial charge on any atom is 0.264 e. The largest absolute Gasteiger partial charge is 0.370 e. The zero-order valence-electron chi connectivity index (χ0n) is 18.4. The smallest absolute Gasteiger partial charge is 0.264 e. The number of fused-ring (bicyclic) bond motifs is 1. The SMILES string of the molecule is O=C(Nc1ccccc1N1CCCC1)c1ccc(S(=O)(=O)N2CCCc3ccccc32)cc1. The number of nitrogens with one attached hydrogen (secondary N) is 1. The summed E-state index contributed by atoms with van der Waals surface area (Å²) in [6.45, 7) is 2.42. The van der Waals surface area contributed by atoms with Crippen LogP contribution >= 0.6 is 0 Å². The van der Waals surface area contributed by atoms with Crippen molar-refractivity contribution in [1.29, 1.82) is 0 Å². The predicted octanol–water partition coefficient (Wildman–Crippen LogP) is 4.68. The summed E-state index contributed by atoms with van der Waals surface area (Å²) in [5, 5.41) is 3.00. The number of para-hydroxylation sites is 3. The first kappa shape index (κ1) is 21.5.